The summed E-state index contributed by atoms with van der Waals surface area (Å²) < 4.78 is 5.80. The van der Waals surface area contributed by atoms with Crippen molar-refractivity contribution in [1.29, 1.82) is 0 Å². The first-order valence-electron chi connectivity index (χ1n) is 8.67. The predicted molar refractivity (Wildman–Crippen MR) is 106 cm³/mol. The van der Waals surface area contributed by atoms with E-state index in [9.17, 15) is 9.90 Å². The molecule has 3 aromatic rings. The number of benzene rings is 2. The normalized spacial score (nSPS) is 13.0. The van der Waals surface area contributed by atoms with E-state index in [1.54, 1.807) is 37.3 Å². The van der Waals surface area contributed by atoms with Gasteiger partial charge < -0.3 is 9.52 Å². The Balaban J connectivity index is 1.89. The Bertz CT molecular complexity index is 1040. The molecule has 28 heavy (non-hydrogen) atoms. The minimum Gasteiger partial charge on any atom is -0.420 e. The van der Waals surface area contributed by atoms with Crippen LogP contribution in [0.2, 0.25) is 5.02 Å². The fourth-order valence-corrected chi connectivity index (χ4v) is 3.15. The van der Waals surface area contributed by atoms with Crippen LogP contribution in [-0.2, 0) is 6.42 Å². The molecule has 3 rings (SSSR count). The fourth-order valence-electron chi connectivity index (χ4n) is 2.92. The van der Waals surface area contributed by atoms with Gasteiger partial charge in [0.1, 0.15) is 6.29 Å². The lowest BCUT2D eigenvalue weighted by Crippen LogP contribution is -2.18. The highest BCUT2D eigenvalue weighted by atomic mass is 35.5. The Hall–Kier alpha value is -3.01. The minimum atomic E-state index is -0.732. The van der Waals surface area contributed by atoms with Crippen LogP contribution in [0.25, 0.3) is 16.3 Å². The zero-order valence-electron chi connectivity index (χ0n) is 15.4. The molecule has 6 nitrogen and oxygen atoms in total. The average molecular weight is 396 g/mol. The van der Waals surface area contributed by atoms with Gasteiger partial charge in [0.25, 0.3) is 0 Å². The SMILES string of the molecule is [C-]#[N+]c1ccc(C[C@@H](c2nnc(-c3ccc(C=O)cc3)o2)[C@H](C)O)c(C)c1Cl. The van der Waals surface area contributed by atoms with Crippen LogP contribution in [0.15, 0.2) is 40.8 Å². The number of carbonyl (C=O) groups is 1. The molecule has 1 aromatic heterocycles. The summed E-state index contributed by atoms with van der Waals surface area (Å²) in [5.74, 6) is 0.203. The number of aliphatic hydroxyl groups is 1. The summed E-state index contributed by atoms with van der Waals surface area (Å²) >= 11 is 6.26. The number of aliphatic hydroxyl groups excluding tert-OH is 1. The molecule has 0 aliphatic heterocycles. The van der Waals surface area contributed by atoms with Crippen molar-refractivity contribution in [2.75, 3.05) is 0 Å². The van der Waals surface area contributed by atoms with Crippen molar-refractivity contribution in [1.82, 2.24) is 10.2 Å². The Morgan fingerprint density at radius 3 is 2.57 bits per heavy atom. The van der Waals surface area contributed by atoms with E-state index in [0.717, 1.165) is 17.4 Å². The van der Waals surface area contributed by atoms with Gasteiger partial charge in [-0.3, -0.25) is 4.79 Å². The van der Waals surface area contributed by atoms with Gasteiger partial charge in [-0.2, -0.15) is 0 Å². The molecule has 2 aromatic carbocycles. The van der Waals surface area contributed by atoms with E-state index < -0.39 is 12.0 Å². The second kappa shape index (κ2) is 8.34. The van der Waals surface area contributed by atoms with Crippen LogP contribution >= 0.6 is 11.6 Å². The third-order valence-corrected chi connectivity index (χ3v) is 5.15. The van der Waals surface area contributed by atoms with E-state index in [4.69, 9.17) is 22.6 Å². The Morgan fingerprint density at radius 1 is 1.25 bits per heavy atom. The first kappa shape index (κ1) is 19.7. The van der Waals surface area contributed by atoms with Crippen molar-refractivity contribution in [3.8, 4) is 11.5 Å². The molecule has 0 bridgehead atoms. The predicted octanol–water partition coefficient (Wildman–Crippen LogP) is 4.77. The van der Waals surface area contributed by atoms with Crippen molar-refractivity contribution < 1.29 is 14.3 Å². The molecule has 0 saturated heterocycles. The molecule has 0 unspecified atom stereocenters. The van der Waals surface area contributed by atoms with Crippen LogP contribution < -0.4 is 0 Å². The molecule has 1 N–H and O–H groups in total. The molecule has 0 saturated carbocycles. The first-order chi connectivity index (χ1) is 13.4. The highest BCUT2D eigenvalue weighted by Crippen LogP contribution is 2.34. The van der Waals surface area contributed by atoms with Gasteiger partial charge in [0, 0.05) is 11.1 Å². The highest BCUT2D eigenvalue weighted by molar-refractivity contribution is 6.34. The van der Waals surface area contributed by atoms with Crippen LogP contribution in [0.1, 0.15) is 40.2 Å². The molecule has 0 radical (unpaired) electrons. The fraction of sp³-hybridized carbons (Fsp3) is 0.238. The van der Waals surface area contributed by atoms with E-state index in [1.165, 1.54) is 0 Å². The summed E-state index contributed by atoms with van der Waals surface area (Å²) in [5.41, 5.74) is 3.34. The largest absolute Gasteiger partial charge is 0.420 e. The molecule has 0 aliphatic carbocycles. The summed E-state index contributed by atoms with van der Waals surface area (Å²) in [7, 11) is 0. The molecular weight excluding hydrogens is 378 g/mol. The highest BCUT2D eigenvalue weighted by Gasteiger charge is 2.26. The van der Waals surface area contributed by atoms with E-state index in [-0.39, 0.29) is 0 Å². The molecule has 0 fully saturated rings. The van der Waals surface area contributed by atoms with Gasteiger partial charge >= 0.3 is 0 Å². The molecule has 0 aliphatic rings. The van der Waals surface area contributed by atoms with Gasteiger partial charge in [0.2, 0.25) is 17.5 Å². The molecule has 1 heterocycles. The summed E-state index contributed by atoms with van der Waals surface area (Å²) in [6.45, 7) is 10.7. The monoisotopic (exact) mass is 395 g/mol. The Kier molecular flexibility index (Phi) is 5.88. The van der Waals surface area contributed by atoms with Crippen LogP contribution in [-0.4, -0.2) is 27.7 Å². The summed E-state index contributed by atoms with van der Waals surface area (Å²) in [5, 5.41) is 18.9. The van der Waals surface area contributed by atoms with Crippen molar-refractivity contribution in [3.63, 3.8) is 0 Å². The maximum absolute atomic E-state index is 10.8. The number of carbonyl (C=O) groups excluding carboxylic acids is 1. The number of hydrogen-bond acceptors (Lipinski definition) is 5. The van der Waals surface area contributed by atoms with Crippen LogP contribution in [0.4, 0.5) is 5.69 Å². The number of hydrogen-bond donors (Lipinski definition) is 1. The van der Waals surface area contributed by atoms with Crippen molar-refractivity contribution in [3.05, 3.63) is 75.4 Å². The van der Waals surface area contributed by atoms with Crippen molar-refractivity contribution >= 4 is 23.6 Å². The van der Waals surface area contributed by atoms with E-state index in [1.807, 2.05) is 13.0 Å². The van der Waals surface area contributed by atoms with Crippen molar-refractivity contribution in [2.45, 2.75) is 32.3 Å². The van der Waals surface area contributed by atoms with Gasteiger partial charge in [-0.1, -0.05) is 35.9 Å². The first-order valence-corrected chi connectivity index (χ1v) is 9.05. The lowest BCUT2D eigenvalue weighted by molar-refractivity contribution is 0.112. The van der Waals surface area contributed by atoms with Crippen LogP contribution in [0.3, 0.4) is 0 Å². The summed E-state index contributed by atoms with van der Waals surface area (Å²) in [6, 6.07) is 10.3. The number of aromatic nitrogens is 2. The molecule has 2 atom stereocenters. The smallest absolute Gasteiger partial charge is 0.247 e. The van der Waals surface area contributed by atoms with E-state index in [0.29, 0.717) is 40.0 Å². The summed E-state index contributed by atoms with van der Waals surface area (Å²) in [4.78, 5) is 14.2. The minimum absolute atomic E-state index is 0.314. The third-order valence-electron chi connectivity index (χ3n) is 4.67. The maximum atomic E-state index is 10.8. The van der Waals surface area contributed by atoms with Gasteiger partial charge in [0.05, 0.1) is 23.6 Å². The zero-order chi connectivity index (χ0) is 20.3. The van der Waals surface area contributed by atoms with Gasteiger partial charge in [0.15, 0.2) is 0 Å². The number of halogens is 1. The standard InChI is InChI=1S/C21H18ClN3O3/c1-12-16(8-9-18(23-3)19(12)22)10-17(13(2)27)21-25-24-20(28-21)15-6-4-14(11-26)5-7-15/h4-9,11,13,17,27H,10H2,1-2H3/t13-,17+/m0/s1. The zero-order valence-corrected chi connectivity index (χ0v) is 16.1. The Labute approximate surface area is 167 Å². The van der Waals surface area contributed by atoms with E-state index >= 15 is 0 Å². The molecular formula is C21H18ClN3O3. The second-order valence-corrected chi connectivity index (χ2v) is 6.91. The lowest BCUT2D eigenvalue weighted by Gasteiger charge is -2.18. The van der Waals surface area contributed by atoms with Crippen LogP contribution in [0.5, 0.6) is 0 Å². The average Bonchev–Trinajstić information content (AvgIpc) is 3.18. The van der Waals surface area contributed by atoms with Crippen LogP contribution in [0, 0.1) is 13.5 Å². The summed E-state index contributed by atoms with van der Waals surface area (Å²) in [6.07, 6.45) is 0.469. The number of rotatable bonds is 6. The molecule has 142 valence electrons. The van der Waals surface area contributed by atoms with Crippen molar-refractivity contribution in [2.24, 2.45) is 0 Å². The Morgan fingerprint density at radius 2 is 1.96 bits per heavy atom. The number of nitrogens with zero attached hydrogens (tertiary/aromatic N) is 3. The molecule has 7 heteroatoms. The van der Waals surface area contributed by atoms with Gasteiger partial charge in [-0.15, -0.1) is 10.2 Å². The molecule has 0 spiro atoms. The topological polar surface area (TPSA) is 80.6 Å². The quantitative estimate of drug-likeness (QED) is 0.480. The lowest BCUT2D eigenvalue weighted by atomic mass is 9.92. The number of aldehydes is 1. The van der Waals surface area contributed by atoms with E-state index in [2.05, 4.69) is 15.0 Å². The third kappa shape index (κ3) is 3.96. The molecule has 0 amide bonds. The maximum Gasteiger partial charge on any atom is 0.247 e. The van der Waals surface area contributed by atoms with Gasteiger partial charge in [-0.25, -0.2) is 4.85 Å². The van der Waals surface area contributed by atoms with Gasteiger partial charge in [-0.05, 0) is 43.5 Å². The second-order valence-electron chi connectivity index (χ2n) is 6.53.